The van der Waals surface area contributed by atoms with Crippen LogP contribution < -0.4 is 10.9 Å². The molecule has 100 valence electrons. The van der Waals surface area contributed by atoms with Crippen LogP contribution >= 0.6 is 0 Å². The van der Waals surface area contributed by atoms with Crippen LogP contribution in [0.4, 0.5) is 0 Å². The summed E-state index contributed by atoms with van der Waals surface area (Å²) in [5.41, 5.74) is 2.16. The normalized spacial score (nSPS) is 11.5. The summed E-state index contributed by atoms with van der Waals surface area (Å²) in [7, 11) is 0. The average molecular weight is 255 g/mol. The van der Waals surface area contributed by atoms with Gasteiger partial charge in [-0.2, -0.15) is 0 Å². The molecule has 0 atom stereocenters. The van der Waals surface area contributed by atoms with Gasteiger partial charge in [-0.1, -0.05) is 60.7 Å². The second kappa shape index (κ2) is 6.55. The van der Waals surface area contributed by atoms with Gasteiger partial charge in [-0.25, -0.2) is 0 Å². The van der Waals surface area contributed by atoms with Crippen molar-refractivity contribution in [1.29, 1.82) is 0 Å². The van der Waals surface area contributed by atoms with Crippen molar-refractivity contribution < 1.29 is 9.31 Å². The maximum absolute atomic E-state index is 6.08. The Hall–Kier alpha value is -1.58. The molecule has 0 aliphatic heterocycles. The van der Waals surface area contributed by atoms with Crippen LogP contribution in [0.2, 0.25) is 0 Å². The van der Waals surface area contributed by atoms with E-state index in [9.17, 15) is 0 Å². The van der Waals surface area contributed by atoms with Crippen molar-refractivity contribution in [2.45, 2.75) is 13.8 Å². The monoisotopic (exact) mass is 255 g/mol. The molecule has 0 N–H and O–H groups in total. The number of hydrogen-bond donors (Lipinski definition) is 0. The van der Waals surface area contributed by atoms with Crippen LogP contribution in [0.15, 0.2) is 60.7 Å². The van der Waals surface area contributed by atoms with Crippen molar-refractivity contribution in [2.24, 2.45) is 0 Å². The summed E-state index contributed by atoms with van der Waals surface area (Å²) in [5.74, 6) is 0. The Morgan fingerprint density at radius 2 is 1.05 bits per heavy atom. The molecule has 0 aliphatic rings. The molecule has 3 heteroatoms. The van der Waals surface area contributed by atoms with E-state index in [4.69, 9.17) is 9.31 Å². The Bertz CT molecular complexity index is 437. The van der Waals surface area contributed by atoms with E-state index in [0.717, 1.165) is 10.9 Å². The fourth-order valence-electron chi connectivity index (χ4n) is 2.51. The summed E-state index contributed by atoms with van der Waals surface area (Å²) in [4.78, 5) is 0. The fourth-order valence-corrected chi connectivity index (χ4v) is 2.51. The third-order valence-corrected chi connectivity index (χ3v) is 3.28. The van der Waals surface area contributed by atoms with Crippen molar-refractivity contribution in [3.8, 4) is 0 Å². The van der Waals surface area contributed by atoms with Crippen molar-refractivity contribution in [1.82, 2.24) is 0 Å². The standard InChI is InChI=1S/C16H20BO2/c1-3-18-17(19-4-2,15-11-7-5-8-12-15)16-13-9-6-10-14-16/h5-14H,3-4H2,1-2H3/q-1. The Morgan fingerprint density at radius 3 is 1.37 bits per heavy atom. The largest absolute Gasteiger partial charge is 0.561 e. The van der Waals surface area contributed by atoms with Crippen LogP contribution in [0.3, 0.4) is 0 Å². The van der Waals surface area contributed by atoms with E-state index in [1.165, 1.54) is 0 Å². The molecule has 2 nitrogen and oxygen atoms in total. The highest BCUT2D eigenvalue weighted by atomic mass is 16.6. The topological polar surface area (TPSA) is 18.5 Å². The minimum absolute atomic E-state index is 0.615. The lowest BCUT2D eigenvalue weighted by atomic mass is 9.46. The molecule has 0 fully saturated rings. The maximum atomic E-state index is 6.08. The summed E-state index contributed by atoms with van der Waals surface area (Å²) in [6.45, 7) is 3.64. The van der Waals surface area contributed by atoms with Crippen LogP contribution in [-0.4, -0.2) is 19.8 Å². The fraction of sp³-hybridized carbons (Fsp3) is 0.250. The molecule has 2 rings (SSSR count). The lowest BCUT2D eigenvalue weighted by Gasteiger charge is -2.42. The molecule has 0 bridgehead atoms. The summed E-state index contributed by atoms with van der Waals surface area (Å²) in [6, 6.07) is 20.4. The predicted octanol–water partition coefficient (Wildman–Crippen LogP) is 2.32. The first-order valence-electron chi connectivity index (χ1n) is 6.86. The summed E-state index contributed by atoms with van der Waals surface area (Å²) < 4.78 is 12.2. The molecule has 19 heavy (non-hydrogen) atoms. The highest BCUT2D eigenvalue weighted by molar-refractivity contribution is 6.92. The quantitative estimate of drug-likeness (QED) is 0.737. The lowest BCUT2D eigenvalue weighted by molar-refractivity contribution is 0.208. The van der Waals surface area contributed by atoms with Gasteiger partial charge in [0.05, 0.1) is 0 Å². The van der Waals surface area contributed by atoms with Gasteiger partial charge in [-0.3, -0.25) is 0 Å². The Kier molecular flexibility index (Phi) is 4.77. The van der Waals surface area contributed by atoms with Gasteiger partial charge in [0.1, 0.15) is 0 Å². The predicted molar refractivity (Wildman–Crippen MR) is 81.2 cm³/mol. The second-order valence-corrected chi connectivity index (χ2v) is 4.44. The van der Waals surface area contributed by atoms with E-state index in [2.05, 4.69) is 24.3 Å². The average Bonchev–Trinajstić information content (AvgIpc) is 2.49. The van der Waals surface area contributed by atoms with Crippen LogP contribution in [0, 0.1) is 0 Å². The summed E-state index contributed by atoms with van der Waals surface area (Å²) in [6.07, 6.45) is 0. The molecule has 0 amide bonds. The van der Waals surface area contributed by atoms with E-state index in [1.807, 2.05) is 50.2 Å². The van der Waals surface area contributed by atoms with Crippen LogP contribution in [0.25, 0.3) is 0 Å². The first-order chi connectivity index (χ1) is 9.33. The van der Waals surface area contributed by atoms with Crippen molar-refractivity contribution in [2.75, 3.05) is 13.2 Å². The maximum Gasteiger partial charge on any atom is 0.298 e. The van der Waals surface area contributed by atoms with Crippen LogP contribution in [0.5, 0.6) is 0 Å². The van der Waals surface area contributed by atoms with Crippen molar-refractivity contribution >= 4 is 17.5 Å². The zero-order valence-corrected chi connectivity index (χ0v) is 11.6. The minimum atomic E-state index is -1.59. The van der Waals surface area contributed by atoms with Crippen LogP contribution in [-0.2, 0) is 9.31 Å². The molecule has 0 aromatic heterocycles. The molecule has 2 aromatic rings. The summed E-state index contributed by atoms with van der Waals surface area (Å²) in [5, 5.41) is 0. The SMILES string of the molecule is CCO[B-](OCC)(c1ccccc1)c1ccccc1. The second-order valence-electron chi connectivity index (χ2n) is 4.44. The molecule has 0 saturated carbocycles. The molecule has 2 aromatic carbocycles. The number of benzene rings is 2. The van der Waals surface area contributed by atoms with Gasteiger partial charge in [0.15, 0.2) is 0 Å². The number of hydrogen-bond acceptors (Lipinski definition) is 2. The first kappa shape index (κ1) is 13.8. The highest BCUT2D eigenvalue weighted by Crippen LogP contribution is 2.09. The molecular weight excluding hydrogens is 235 g/mol. The van der Waals surface area contributed by atoms with Gasteiger partial charge in [-0.15, -0.1) is 10.9 Å². The van der Waals surface area contributed by atoms with Gasteiger partial charge in [-0.05, 0) is 27.1 Å². The van der Waals surface area contributed by atoms with Gasteiger partial charge < -0.3 is 9.31 Å². The van der Waals surface area contributed by atoms with E-state index in [1.54, 1.807) is 0 Å². The Labute approximate surface area is 115 Å². The molecule has 0 unspecified atom stereocenters. The van der Waals surface area contributed by atoms with Crippen molar-refractivity contribution in [3.05, 3.63) is 60.7 Å². The summed E-state index contributed by atoms with van der Waals surface area (Å²) >= 11 is 0. The smallest absolute Gasteiger partial charge is 0.298 e. The zero-order chi connectivity index (χ0) is 13.6. The van der Waals surface area contributed by atoms with Gasteiger partial charge in [0.25, 0.3) is 6.55 Å². The van der Waals surface area contributed by atoms with E-state index < -0.39 is 6.55 Å². The number of rotatable bonds is 6. The van der Waals surface area contributed by atoms with Gasteiger partial charge in [0.2, 0.25) is 0 Å². The minimum Gasteiger partial charge on any atom is -0.561 e. The van der Waals surface area contributed by atoms with E-state index >= 15 is 0 Å². The van der Waals surface area contributed by atoms with Gasteiger partial charge >= 0.3 is 0 Å². The molecule has 0 heterocycles. The van der Waals surface area contributed by atoms with E-state index in [0.29, 0.717) is 13.2 Å². The molecule has 0 spiro atoms. The molecule has 0 radical (unpaired) electrons. The van der Waals surface area contributed by atoms with E-state index in [-0.39, 0.29) is 0 Å². The molecule has 0 saturated heterocycles. The highest BCUT2D eigenvalue weighted by Gasteiger charge is 2.30. The Morgan fingerprint density at radius 1 is 0.684 bits per heavy atom. The lowest BCUT2D eigenvalue weighted by Crippen LogP contribution is -2.63. The first-order valence-corrected chi connectivity index (χ1v) is 6.86. The molecule has 0 aliphatic carbocycles. The Balaban J connectivity index is 2.54. The third kappa shape index (κ3) is 2.88. The van der Waals surface area contributed by atoms with Gasteiger partial charge in [0, 0.05) is 0 Å². The van der Waals surface area contributed by atoms with Crippen LogP contribution in [0.1, 0.15) is 13.8 Å². The zero-order valence-electron chi connectivity index (χ0n) is 11.6. The third-order valence-electron chi connectivity index (χ3n) is 3.28. The molecular formula is C16H20BO2-. The van der Waals surface area contributed by atoms with Crippen molar-refractivity contribution in [3.63, 3.8) is 0 Å².